The number of halogens is 1. The lowest BCUT2D eigenvalue weighted by atomic mass is 9.80. The highest BCUT2D eigenvalue weighted by atomic mass is 35.5. The molecule has 1 N–H and O–H groups in total. The molecule has 5 heterocycles. The van der Waals surface area contributed by atoms with Gasteiger partial charge in [0.25, 0.3) is 0 Å². The molecule has 2 atom stereocenters. The van der Waals surface area contributed by atoms with Crippen LogP contribution in [0.5, 0.6) is 0 Å². The van der Waals surface area contributed by atoms with E-state index >= 15 is 0 Å². The van der Waals surface area contributed by atoms with Gasteiger partial charge in [-0.25, -0.2) is 4.98 Å². The molecule has 0 bridgehead atoms. The van der Waals surface area contributed by atoms with E-state index in [-0.39, 0.29) is 35.6 Å². The van der Waals surface area contributed by atoms with Gasteiger partial charge in [0.1, 0.15) is 0 Å². The van der Waals surface area contributed by atoms with E-state index in [9.17, 15) is 14.9 Å². The highest BCUT2D eigenvalue weighted by Crippen LogP contribution is 2.63. The summed E-state index contributed by atoms with van der Waals surface area (Å²) in [6.45, 7) is 6.45. The van der Waals surface area contributed by atoms with E-state index in [4.69, 9.17) is 11.6 Å². The summed E-state index contributed by atoms with van der Waals surface area (Å²) in [6, 6.07) is 10.3. The van der Waals surface area contributed by atoms with Gasteiger partial charge in [0, 0.05) is 33.8 Å². The van der Waals surface area contributed by atoms with Crippen LogP contribution in [0.1, 0.15) is 31.6 Å². The second kappa shape index (κ2) is 8.59. The Bertz CT molecular complexity index is 1700. The van der Waals surface area contributed by atoms with Crippen molar-refractivity contribution in [3.05, 3.63) is 46.7 Å². The van der Waals surface area contributed by atoms with Crippen LogP contribution < -0.4 is 5.32 Å². The number of rotatable bonds is 5. The van der Waals surface area contributed by atoms with Gasteiger partial charge in [-0.3, -0.25) is 19.5 Å². The molecule has 4 aromatic rings. The molecule has 2 amide bonds. The fraction of sp³-hybridized carbons (Fsp3) is 0.414. The van der Waals surface area contributed by atoms with Crippen LogP contribution in [0.4, 0.5) is 0 Å². The third-order valence-electron chi connectivity index (χ3n) is 8.91. The molecule has 39 heavy (non-hydrogen) atoms. The largest absolute Gasteiger partial charge is 0.328 e. The lowest BCUT2D eigenvalue weighted by molar-refractivity contribution is -0.143. The first-order valence-corrected chi connectivity index (χ1v) is 14.4. The van der Waals surface area contributed by atoms with E-state index in [1.807, 2.05) is 38.1 Å². The van der Waals surface area contributed by atoms with Gasteiger partial charge in [-0.15, -0.1) is 11.3 Å². The van der Waals surface area contributed by atoms with Gasteiger partial charge < -0.3 is 9.88 Å². The van der Waals surface area contributed by atoms with Crippen LogP contribution in [-0.4, -0.2) is 44.3 Å². The highest BCUT2D eigenvalue weighted by Gasteiger charge is 2.72. The molecule has 0 radical (unpaired) electrons. The van der Waals surface area contributed by atoms with Gasteiger partial charge >= 0.3 is 0 Å². The molecule has 2 unspecified atom stereocenters. The van der Waals surface area contributed by atoms with E-state index in [1.54, 1.807) is 23.9 Å². The summed E-state index contributed by atoms with van der Waals surface area (Å²) < 4.78 is 3.05. The van der Waals surface area contributed by atoms with Crippen molar-refractivity contribution < 1.29 is 9.59 Å². The number of nitriles is 1. The van der Waals surface area contributed by atoms with Crippen molar-refractivity contribution in [2.75, 3.05) is 13.1 Å². The van der Waals surface area contributed by atoms with Crippen molar-refractivity contribution in [3.8, 4) is 17.2 Å². The summed E-state index contributed by atoms with van der Waals surface area (Å²) in [7, 11) is 0. The normalized spacial score (nSPS) is 23.4. The van der Waals surface area contributed by atoms with Crippen LogP contribution in [0, 0.1) is 34.0 Å². The van der Waals surface area contributed by atoms with Crippen LogP contribution >= 0.6 is 22.9 Å². The quantitative estimate of drug-likeness (QED) is 0.346. The Hall–Kier alpha value is -3.32. The van der Waals surface area contributed by atoms with Gasteiger partial charge in [0.2, 0.25) is 11.8 Å². The first-order chi connectivity index (χ1) is 18.7. The Morgan fingerprint density at radius 1 is 1.10 bits per heavy atom. The molecule has 3 aromatic heterocycles. The molecule has 0 spiro atoms. The average molecular weight is 559 g/mol. The number of benzene rings is 1. The number of likely N-dealkylation sites (tertiary alicyclic amines) is 1. The predicted octanol–water partition coefficient (Wildman–Crippen LogP) is 5.00. The number of nitrogens with one attached hydrogen (secondary N) is 1. The highest BCUT2D eigenvalue weighted by molar-refractivity contribution is 7.19. The molecule has 3 fully saturated rings. The molecule has 10 heteroatoms. The monoisotopic (exact) mass is 558 g/mol. The Balaban J connectivity index is 1.29. The molecule has 1 aromatic carbocycles. The Morgan fingerprint density at radius 2 is 1.85 bits per heavy atom. The average Bonchev–Trinajstić information content (AvgIpc) is 3.26. The SMILES string of the molecule is CC1(C)C2C(=O)N(Cc3cc4nccc(-c5cc(Cl)cc6ncn(CC7(C#N)CCNCC7)c56)c4s3)C(=O)C21. The topological polar surface area (TPSA) is 104 Å². The molecule has 198 valence electrons. The zero-order valence-electron chi connectivity index (χ0n) is 21.7. The molecule has 7 rings (SSSR count). The van der Waals surface area contributed by atoms with Crippen molar-refractivity contribution in [2.45, 2.75) is 39.8 Å². The number of hydrogen-bond acceptors (Lipinski definition) is 7. The number of carbonyl (C=O) groups is 2. The Kier molecular flexibility index (Phi) is 5.44. The van der Waals surface area contributed by atoms with Crippen LogP contribution in [-0.2, 0) is 22.7 Å². The Morgan fingerprint density at radius 3 is 2.56 bits per heavy atom. The molecule has 2 saturated heterocycles. The van der Waals surface area contributed by atoms with E-state index < -0.39 is 5.41 Å². The molecule has 8 nitrogen and oxygen atoms in total. The van der Waals surface area contributed by atoms with Crippen LogP contribution in [0.25, 0.3) is 32.4 Å². The molecular formula is C29H27ClN6O2S. The van der Waals surface area contributed by atoms with Crippen molar-refractivity contribution in [1.29, 1.82) is 5.26 Å². The number of thiophene rings is 1. The first kappa shape index (κ1) is 24.7. The minimum absolute atomic E-state index is 0.0644. The molecular weight excluding hydrogens is 532 g/mol. The van der Waals surface area contributed by atoms with Gasteiger partial charge in [-0.2, -0.15) is 5.26 Å². The summed E-state index contributed by atoms with van der Waals surface area (Å²) in [6.07, 6.45) is 5.15. The van der Waals surface area contributed by atoms with Gasteiger partial charge in [-0.1, -0.05) is 25.4 Å². The van der Waals surface area contributed by atoms with E-state index in [0.29, 0.717) is 11.6 Å². The summed E-state index contributed by atoms with van der Waals surface area (Å²) in [4.78, 5) is 37.4. The Labute approximate surface area is 234 Å². The first-order valence-electron chi connectivity index (χ1n) is 13.2. The van der Waals surface area contributed by atoms with E-state index in [0.717, 1.165) is 63.2 Å². The van der Waals surface area contributed by atoms with E-state index in [1.165, 1.54) is 4.90 Å². The summed E-state index contributed by atoms with van der Waals surface area (Å²) in [5.41, 5.74) is 3.73. The second-order valence-corrected chi connectivity index (χ2v) is 13.2. The fourth-order valence-corrected chi connectivity index (χ4v) is 7.97. The second-order valence-electron chi connectivity index (χ2n) is 11.7. The summed E-state index contributed by atoms with van der Waals surface area (Å²) in [5, 5.41) is 14.0. The van der Waals surface area contributed by atoms with Crippen LogP contribution in [0.3, 0.4) is 0 Å². The van der Waals surface area contributed by atoms with Gasteiger partial charge in [0.05, 0.1) is 57.4 Å². The standard InChI is InChI=1S/C29H27ClN6O2S/c1-28(2)22-23(28)27(38)36(26(22)37)12-17-11-21-25(39-17)18(3-6-33-21)19-9-16(30)10-20-24(19)35(15-34-20)14-29(13-31)4-7-32-8-5-29/h3,6,9-11,15,22-23,32H,4-5,7-8,12,14H2,1-2H3. The number of amides is 2. The number of aromatic nitrogens is 3. The van der Waals surface area contributed by atoms with Crippen molar-refractivity contribution in [2.24, 2.45) is 22.7 Å². The summed E-state index contributed by atoms with van der Waals surface area (Å²) in [5.74, 6) is -0.509. The minimum atomic E-state index is -0.455. The van der Waals surface area contributed by atoms with Gasteiger partial charge in [0.15, 0.2) is 0 Å². The maximum atomic E-state index is 12.9. The maximum absolute atomic E-state index is 12.9. The maximum Gasteiger partial charge on any atom is 0.234 e. The number of piperidine rings is 2. The number of imide groups is 1. The van der Waals surface area contributed by atoms with Crippen molar-refractivity contribution >= 4 is 56.0 Å². The lowest BCUT2D eigenvalue weighted by Gasteiger charge is -2.31. The van der Waals surface area contributed by atoms with Crippen molar-refractivity contribution in [3.63, 3.8) is 0 Å². The third-order valence-corrected chi connectivity index (χ3v) is 10.3. The predicted molar refractivity (Wildman–Crippen MR) is 150 cm³/mol. The molecule has 1 aliphatic carbocycles. The number of pyridine rings is 1. The summed E-state index contributed by atoms with van der Waals surface area (Å²) >= 11 is 8.11. The number of nitrogens with zero attached hydrogens (tertiary/aromatic N) is 5. The molecule has 3 aliphatic rings. The van der Waals surface area contributed by atoms with Crippen LogP contribution in [0.2, 0.25) is 5.02 Å². The van der Waals surface area contributed by atoms with E-state index in [2.05, 4.69) is 25.9 Å². The van der Waals surface area contributed by atoms with Gasteiger partial charge in [-0.05, 0) is 55.6 Å². The zero-order valence-corrected chi connectivity index (χ0v) is 23.3. The third kappa shape index (κ3) is 3.73. The fourth-order valence-electron chi connectivity index (χ4n) is 6.63. The number of carbonyl (C=O) groups excluding carboxylic acids is 2. The van der Waals surface area contributed by atoms with Crippen LogP contribution in [0.15, 0.2) is 36.8 Å². The smallest absolute Gasteiger partial charge is 0.234 e. The minimum Gasteiger partial charge on any atom is -0.328 e. The van der Waals surface area contributed by atoms with Crippen molar-refractivity contribution in [1.82, 2.24) is 24.8 Å². The number of fused-ring (bicyclic) bond motifs is 3. The zero-order chi connectivity index (χ0) is 27.1. The lowest BCUT2D eigenvalue weighted by Crippen LogP contribution is -2.38. The molecule has 2 aliphatic heterocycles. The number of imidazole rings is 1. The number of hydrogen-bond donors (Lipinski definition) is 1. The molecule has 1 saturated carbocycles.